The predicted octanol–water partition coefficient (Wildman–Crippen LogP) is 3.02. The summed E-state index contributed by atoms with van der Waals surface area (Å²) in [5.74, 6) is 1.72. The third-order valence-corrected chi connectivity index (χ3v) is 4.63. The Balaban J connectivity index is 1.96. The lowest BCUT2D eigenvalue weighted by Gasteiger charge is -2.22. The van der Waals surface area contributed by atoms with Crippen LogP contribution in [-0.2, 0) is 6.42 Å². The zero-order chi connectivity index (χ0) is 11.4. The third-order valence-electron chi connectivity index (χ3n) is 3.64. The number of hydrogen-bond acceptors (Lipinski definition) is 3. The highest BCUT2D eigenvalue weighted by Crippen LogP contribution is 2.33. The molecule has 2 rings (SSSR count). The molecule has 0 saturated heterocycles. The number of aromatic nitrogens is 1. The van der Waals surface area contributed by atoms with Gasteiger partial charge in [-0.1, -0.05) is 25.7 Å². The second-order valence-electron chi connectivity index (χ2n) is 4.95. The van der Waals surface area contributed by atoms with Gasteiger partial charge in [0.15, 0.2) is 0 Å². The molecular weight excluding hydrogens is 216 g/mol. The topological polar surface area (TPSA) is 24.9 Å². The molecule has 3 heteroatoms. The SMILES string of the molecule is CNCC(Cc1nc(C)cs1)C1CCCC1. The van der Waals surface area contributed by atoms with Crippen molar-refractivity contribution in [2.75, 3.05) is 13.6 Å². The van der Waals surface area contributed by atoms with Crippen LogP contribution in [0.5, 0.6) is 0 Å². The Hall–Kier alpha value is -0.410. The van der Waals surface area contributed by atoms with Crippen molar-refractivity contribution in [3.8, 4) is 0 Å². The molecule has 1 unspecified atom stereocenters. The number of rotatable bonds is 5. The number of nitrogens with one attached hydrogen (secondary N) is 1. The fourth-order valence-corrected chi connectivity index (χ4v) is 3.68. The van der Waals surface area contributed by atoms with Crippen molar-refractivity contribution in [2.24, 2.45) is 11.8 Å². The summed E-state index contributed by atoms with van der Waals surface area (Å²) in [6.07, 6.45) is 6.89. The first-order valence-electron chi connectivity index (χ1n) is 6.35. The number of aryl methyl sites for hydroxylation is 1. The third kappa shape index (κ3) is 3.05. The van der Waals surface area contributed by atoms with Crippen LogP contribution in [-0.4, -0.2) is 18.6 Å². The minimum Gasteiger partial charge on any atom is -0.319 e. The molecule has 0 radical (unpaired) electrons. The van der Waals surface area contributed by atoms with Crippen molar-refractivity contribution in [2.45, 2.75) is 39.0 Å². The van der Waals surface area contributed by atoms with E-state index in [1.54, 1.807) is 0 Å². The molecule has 1 atom stereocenters. The van der Waals surface area contributed by atoms with Gasteiger partial charge in [-0.05, 0) is 32.4 Å². The maximum absolute atomic E-state index is 4.59. The van der Waals surface area contributed by atoms with E-state index in [1.165, 1.54) is 42.8 Å². The quantitative estimate of drug-likeness (QED) is 0.853. The van der Waals surface area contributed by atoms with Crippen LogP contribution in [0.4, 0.5) is 0 Å². The van der Waals surface area contributed by atoms with Gasteiger partial charge in [0.25, 0.3) is 0 Å². The van der Waals surface area contributed by atoms with E-state index in [-0.39, 0.29) is 0 Å². The second-order valence-corrected chi connectivity index (χ2v) is 5.89. The minimum atomic E-state index is 0.790. The van der Waals surface area contributed by atoms with Crippen molar-refractivity contribution >= 4 is 11.3 Å². The van der Waals surface area contributed by atoms with E-state index in [0.29, 0.717) is 0 Å². The van der Waals surface area contributed by atoms with Crippen LogP contribution in [0.1, 0.15) is 36.4 Å². The molecule has 0 spiro atoms. The van der Waals surface area contributed by atoms with Gasteiger partial charge < -0.3 is 5.32 Å². The average Bonchev–Trinajstić information content (AvgIpc) is 2.88. The van der Waals surface area contributed by atoms with Crippen LogP contribution in [0, 0.1) is 18.8 Å². The molecule has 0 bridgehead atoms. The summed E-state index contributed by atoms with van der Waals surface area (Å²) < 4.78 is 0. The standard InChI is InChI=1S/C13H22N2S/c1-10-9-16-13(15-10)7-12(8-14-2)11-5-3-4-6-11/h9,11-12,14H,3-8H2,1-2H3. The van der Waals surface area contributed by atoms with E-state index in [9.17, 15) is 0 Å². The summed E-state index contributed by atoms with van der Waals surface area (Å²) in [6, 6.07) is 0. The van der Waals surface area contributed by atoms with Gasteiger partial charge in [0.2, 0.25) is 0 Å². The Morgan fingerprint density at radius 3 is 2.81 bits per heavy atom. The summed E-state index contributed by atoms with van der Waals surface area (Å²) >= 11 is 1.82. The summed E-state index contributed by atoms with van der Waals surface area (Å²) in [5, 5.41) is 6.84. The molecule has 0 aliphatic heterocycles. The molecule has 0 aromatic carbocycles. The zero-order valence-electron chi connectivity index (χ0n) is 10.3. The summed E-state index contributed by atoms with van der Waals surface area (Å²) in [4.78, 5) is 4.59. The highest BCUT2D eigenvalue weighted by molar-refractivity contribution is 7.09. The fourth-order valence-electron chi connectivity index (χ4n) is 2.82. The average molecular weight is 238 g/mol. The molecule has 1 saturated carbocycles. The maximum Gasteiger partial charge on any atom is 0.0931 e. The van der Waals surface area contributed by atoms with Crippen LogP contribution in [0.15, 0.2) is 5.38 Å². The highest BCUT2D eigenvalue weighted by atomic mass is 32.1. The molecule has 1 fully saturated rings. The molecule has 0 amide bonds. The minimum absolute atomic E-state index is 0.790. The monoisotopic (exact) mass is 238 g/mol. The zero-order valence-corrected chi connectivity index (χ0v) is 11.1. The molecule has 16 heavy (non-hydrogen) atoms. The van der Waals surface area contributed by atoms with E-state index >= 15 is 0 Å². The first kappa shape index (κ1) is 12.1. The van der Waals surface area contributed by atoms with Gasteiger partial charge in [-0.3, -0.25) is 0 Å². The van der Waals surface area contributed by atoms with Crippen molar-refractivity contribution in [1.29, 1.82) is 0 Å². The molecule has 90 valence electrons. The summed E-state index contributed by atoms with van der Waals surface area (Å²) in [7, 11) is 2.06. The summed E-state index contributed by atoms with van der Waals surface area (Å²) in [5.41, 5.74) is 1.18. The Morgan fingerprint density at radius 1 is 1.50 bits per heavy atom. The van der Waals surface area contributed by atoms with Crippen molar-refractivity contribution in [3.63, 3.8) is 0 Å². The van der Waals surface area contributed by atoms with Gasteiger partial charge >= 0.3 is 0 Å². The van der Waals surface area contributed by atoms with Gasteiger partial charge in [0.1, 0.15) is 0 Å². The van der Waals surface area contributed by atoms with Crippen molar-refractivity contribution in [3.05, 3.63) is 16.1 Å². The maximum atomic E-state index is 4.59. The van der Waals surface area contributed by atoms with Crippen LogP contribution >= 0.6 is 11.3 Å². The highest BCUT2D eigenvalue weighted by Gasteiger charge is 2.25. The Kier molecular flexibility index (Phi) is 4.36. The van der Waals surface area contributed by atoms with E-state index in [4.69, 9.17) is 0 Å². The van der Waals surface area contributed by atoms with E-state index in [2.05, 4.69) is 29.7 Å². The number of nitrogens with zero attached hydrogens (tertiary/aromatic N) is 1. The molecule has 1 aromatic rings. The molecular formula is C13H22N2S. The van der Waals surface area contributed by atoms with Gasteiger partial charge in [-0.2, -0.15) is 0 Å². The van der Waals surface area contributed by atoms with Gasteiger partial charge in [-0.15, -0.1) is 11.3 Å². The van der Waals surface area contributed by atoms with Gasteiger partial charge in [0.05, 0.1) is 5.01 Å². The van der Waals surface area contributed by atoms with E-state index < -0.39 is 0 Å². The van der Waals surface area contributed by atoms with Crippen molar-refractivity contribution < 1.29 is 0 Å². The molecule has 1 N–H and O–H groups in total. The van der Waals surface area contributed by atoms with Crippen LogP contribution in [0.2, 0.25) is 0 Å². The second kappa shape index (κ2) is 5.78. The van der Waals surface area contributed by atoms with E-state index in [1.807, 2.05) is 11.3 Å². The Bertz CT molecular complexity index is 315. The molecule has 1 aromatic heterocycles. The smallest absolute Gasteiger partial charge is 0.0931 e. The molecule has 1 heterocycles. The normalized spacial score (nSPS) is 19.1. The molecule has 1 aliphatic carbocycles. The Labute approximate surface area is 102 Å². The predicted molar refractivity (Wildman–Crippen MR) is 69.9 cm³/mol. The van der Waals surface area contributed by atoms with Crippen LogP contribution in [0.25, 0.3) is 0 Å². The molecule has 2 nitrogen and oxygen atoms in total. The number of thiazole rings is 1. The first-order chi connectivity index (χ1) is 7.79. The van der Waals surface area contributed by atoms with Gasteiger partial charge in [0, 0.05) is 17.5 Å². The van der Waals surface area contributed by atoms with E-state index in [0.717, 1.165) is 18.4 Å². The first-order valence-corrected chi connectivity index (χ1v) is 7.23. The van der Waals surface area contributed by atoms with Gasteiger partial charge in [-0.25, -0.2) is 4.98 Å². The molecule has 1 aliphatic rings. The largest absolute Gasteiger partial charge is 0.319 e. The van der Waals surface area contributed by atoms with Crippen LogP contribution in [0.3, 0.4) is 0 Å². The fraction of sp³-hybridized carbons (Fsp3) is 0.769. The summed E-state index contributed by atoms with van der Waals surface area (Å²) in [6.45, 7) is 3.23. The van der Waals surface area contributed by atoms with Crippen LogP contribution < -0.4 is 5.32 Å². The number of hydrogen-bond donors (Lipinski definition) is 1. The lowest BCUT2D eigenvalue weighted by Crippen LogP contribution is -2.26. The lowest BCUT2D eigenvalue weighted by atomic mass is 9.88. The lowest BCUT2D eigenvalue weighted by molar-refractivity contribution is 0.328. The Morgan fingerprint density at radius 2 is 2.25 bits per heavy atom. The van der Waals surface area contributed by atoms with Crippen molar-refractivity contribution in [1.82, 2.24) is 10.3 Å².